The lowest BCUT2D eigenvalue weighted by molar-refractivity contribution is 0.0891. The number of nitrogens with one attached hydrogen (secondary N) is 1. The Labute approximate surface area is 146 Å². The number of furan rings is 1. The van der Waals surface area contributed by atoms with Crippen LogP contribution in [0.1, 0.15) is 33.3 Å². The molecule has 1 unspecified atom stereocenters. The number of rotatable bonds is 5. The van der Waals surface area contributed by atoms with Gasteiger partial charge in [-0.15, -0.1) is 0 Å². The first-order chi connectivity index (χ1) is 12.0. The van der Waals surface area contributed by atoms with Gasteiger partial charge in [-0.3, -0.25) is 4.79 Å². The fourth-order valence-corrected chi connectivity index (χ4v) is 2.66. The number of hydrogen-bond donors (Lipinski definition) is 2. The van der Waals surface area contributed by atoms with Crippen molar-refractivity contribution in [2.75, 3.05) is 13.7 Å². The topological polar surface area (TPSA) is 71.7 Å². The van der Waals surface area contributed by atoms with Crippen molar-refractivity contribution in [1.29, 1.82) is 0 Å². The molecule has 1 aromatic heterocycles. The minimum absolute atomic E-state index is 0.0844. The van der Waals surface area contributed by atoms with Crippen LogP contribution in [0, 0.1) is 13.8 Å². The first-order valence-electron chi connectivity index (χ1n) is 8.09. The van der Waals surface area contributed by atoms with E-state index in [9.17, 15) is 9.90 Å². The van der Waals surface area contributed by atoms with Gasteiger partial charge >= 0.3 is 0 Å². The number of methoxy groups -OCH3 is 1. The number of aliphatic hydroxyl groups is 1. The van der Waals surface area contributed by atoms with Gasteiger partial charge in [-0.1, -0.05) is 12.1 Å². The summed E-state index contributed by atoms with van der Waals surface area (Å²) in [5, 5.41) is 13.8. The third kappa shape index (κ3) is 3.67. The van der Waals surface area contributed by atoms with Crippen molar-refractivity contribution in [2.45, 2.75) is 20.0 Å². The number of amides is 1. The minimum atomic E-state index is -0.826. The molecule has 0 fully saturated rings. The molecule has 0 aliphatic carbocycles. The molecule has 3 rings (SSSR count). The first kappa shape index (κ1) is 17.0. The normalized spacial score (nSPS) is 12.2. The van der Waals surface area contributed by atoms with Crippen LogP contribution in [-0.2, 0) is 0 Å². The SMILES string of the molecule is COc1cccc(C(O)CNC(=O)c2cc3cc(C)c(C)cc3o2)c1. The molecule has 1 atom stereocenters. The fourth-order valence-electron chi connectivity index (χ4n) is 2.66. The summed E-state index contributed by atoms with van der Waals surface area (Å²) in [5.74, 6) is 0.539. The summed E-state index contributed by atoms with van der Waals surface area (Å²) >= 11 is 0. The molecule has 1 heterocycles. The molecule has 1 amide bonds. The van der Waals surface area contributed by atoms with Crippen molar-refractivity contribution in [3.05, 3.63) is 64.9 Å². The Hall–Kier alpha value is -2.79. The molecular formula is C20H21NO4. The van der Waals surface area contributed by atoms with Gasteiger partial charge in [0.25, 0.3) is 5.91 Å². The molecule has 3 aromatic rings. The van der Waals surface area contributed by atoms with E-state index in [0.717, 1.165) is 16.5 Å². The monoisotopic (exact) mass is 339 g/mol. The van der Waals surface area contributed by atoms with Crippen LogP contribution in [0.25, 0.3) is 11.0 Å². The molecule has 25 heavy (non-hydrogen) atoms. The number of carbonyl (C=O) groups is 1. The number of hydrogen-bond acceptors (Lipinski definition) is 4. The first-order valence-corrected chi connectivity index (χ1v) is 8.09. The largest absolute Gasteiger partial charge is 0.497 e. The second kappa shape index (κ2) is 6.99. The summed E-state index contributed by atoms with van der Waals surface area (Å²) in [6, 6.07) is 12.8. The van der Waals surface area contributed by atoms with Gasteiger partial charge in [-0.25, -0.2) is 0 Å². The van der Waals surface area contributed by atoms with Crippen LogP contribution >= 0.6 is 0 Å². The van der Waals surface area contributed by atoms with Gasteiger partial charge in [0.2, 0.25) is 0 Å². The van der Waals surface area contributed by atoms with Crippen LogP contribution in [0.5, 0.6) is 5.75 Å². The quantitative estimate of drug-likeness (QED) is 0.746. The summed E-state index contributed by atoms with van der Waals surface area (Å²) < 4.78 is 10.8. The van der Waals surface area contributed by atoms with E-state index in [1.807, 2.05) is 26.0 Å². The smallest absolute Gasteiger partial charge is 0.287 e. The lowest BCUT2D eigenvalue weighted by Gasteiger charge is -2.12. The average molecular weight is 339 g/mol. The molecule has 0 aliphatic heterocycles. The maximum absolute atomic E-state index is 12.3. The number of carbonyl (C=O) groups excluding carboxylic acids is 1. The van der Waals surface area contributed by atoms with Gasteiger partial charge in [0.05, 0.1) is 13.2 Å². The fraction of sp³-hybridized carbons (Fsp3) is 0.250. The Kier molecular flexibility index (Phi) is 4.76. The molecule has 0 saturated carbocycles. The predicted molar refractivity (Wildman–Crippen MR) is 96.0 cm³/mol. The van der Waals surface area contributed by atoms with Crippen molar-refractivity contribution in [3.8, 4) is 5.75 Å². The highest BCUT2D eigenvalue weighted by atomic mass is 16.5. The van der Waals surface area contributed by atoms with Crippen LogP contribution in [0.4, 0.5) is 0 Å². The van der Waals surface area contributed by atoms with E-state index >= 15 is 0 Å². The number of fused-ring (bicyclic) bond motifs is 1. The molecule has 0 bridgehead atoms. The third-order valence-electron chi connectivity index (χ3n) is 4.29. The zero-order valence-electron chi connectivity index (χ0n) is 14.5. The molecule has 0 radical (unpaired) electrons. The van der Waals surface area contributed by atoms with Crippen molar-refractivity contribution >= 4 is 16.9 Å². The van der Waals surface area contributed by atoms with Crippen molar-refractivity contribution in [1.82, 2.24) is 5.32 Å². The second-order valence-corrected chi connectivity index (χ2v) is 6.09. The van der Waals surface area contributed by atoms with Crippen LogP contribution in [0.2, 0.25) is 0 Å². The lowest BCUT2D eigenvalue weighted by Crippen LogP contribution is -2.28. The Morgan fingerprint density at radius 2 is 1.96 bits per heavy atom. The Morgan fingerprint density at radius 3 is 2.72 bits per heavy atom. The molecule has 0 aliphatic rings. The van der Waals surface area contributed by atoms with Crippen LogP contribution < -0.4 is 10.1 Å². The van der Waals surface area contributed by atoms with E-state index in [1.54, 1.807) is 37.4 Å². The van der Waals surface area contributed by atoms with Crippen molar-refractivity contribution in [2.24, 2.45) is 0 Å². The standard InChI is InChI=1S/C20H21NO4/c1-12-7-15-10-19(25-18(15)8-13(12)2)20(23)21-11-17(22)14-5-4-6-16(9-14)24-3/h4-10,17,22H,11H2,1-3H3,(H,21,23). The van der Waals surface area contributed by atoms with E-state index in [2.05, 4.69) is 5.32 Å². The molecule has 5 heteroatoms. The van der Waals surface area contributed by atoms with E-state index in [4.69, 9.17) is 9.15 Å². The van der Waals surface area contributed by atoms with Gasteiger partial charge in [0, 0.05) is 11.9 Å². The summed E-state index contributed by atoms with van der Waals surface area (Å²) in [6.45, 7) is 4.11. The third-order valence-corrected chi connectivity index (χ3v) is 4.29. The number of benzene rings is 2. The summed E-state index contributed by atoms with van der Waals surface area (Å²) in [7, 11) is 1.57. The average Bonchev–Trinajstić information content (AvgIpc) is 3.02. The van der Waals surface area contributed by atoms with E-state index < -0.39 is 6.10 Å². The molecule has 5 nitrogen and oxygen atoms in total. The number of aliphatic hydroxyl groups excluding tert-OH is 1. The van der Waals surface area contributed by atoms with Crippen molar-refractivity contribution in [3.63, 3.8) is 0 Å². The highest BCUT2D eigenvalue weighted by Crippen LogP contribution is 2.23. The van der Waals surface area contributed by atoms with Gasteiger partial charge < -0.3 is 19.6 Å². The lowest BCUT2D eigenvalue weighted by atomic mass is 10.1. The molecular weight excluding hydrogens is 318 g/mol. The molecule has 0 spiro atoms. The van der Waals surface area contributed by atoms with Crippen LogP contribution in [-0.4, -0.2) is 24.7 Å². The predicted octanol–water partition coefficient (Wildman–Crippen LogP) is 3.52. The maximum Gasteiger partial charge on any atom is 0.287 e. The van der Waals surface area contributed by atoms with Gasteiger partial charge in [-0.05, 0) is 60.9 Å². The molecule has 0 saturated heterocycles. The van der Waals surface area contributed by atoms with Crippen LogP contribution in [0.3, 0.4) is 0 Å². The van der Waals surface area contributed by atoms with Gasteiger partial charge in [-0.2, -0.15) is 0 Å². The molecule has 2 N–H and O–H groups in total. The van der Waals surface area contributed by atoms with E-state index in [0.29, 0.717) is 16.9 Å². The minimum Gasteiger partial charge on any atom is -0.497 e. The molecule has 130 valence electrons. The van der Waals surface area contributed by atoms with Crippen LogP contribution in [0.15, 0.2) is 46.9 Å². The highest BCUT2D eigenvalue weighted by Gasteiger charge is 2.15. The number of ether oxygens (including phenoxy) is 1. The Bertz CT molecular complexity index is 874. The molecule has 2 aromatic carbocycles. The summed E-state index contributed by atoms with van der Waals surface area (Å²) in [6.07, 6.45) is -0.826. The Balaban J connectivity index is 1.69. The maximum atomic E-state index is 12.3. The van der Waals surface area contributed by atoms with Gasteiger partial charge in [0.15, 0.2) is 5.76 Å². The van der Waals surface area contributed by atoms with E-state index in [-0.39, 0.29) is 18.2 Å². The van der Waals surface area contributed by atoms with Gasteiger partial charge in [0.1, 0.15) is 11.3 Å². The van der Waals surface area contributed by atoms with Crippen molar-refractivity contribution < 1.29 is 19.1 Å². The highest BCUT2D eigenvalue weighted by molar-refractivity contribution is 5.96. The summed E-state index contributed by atoms with van der Waals surface area (Å²) in [5.41, 5.74) is 3.62. The Morgan fingerprint density at radius 1 is 1.20 bits per heavy atom. The zero-order valence-corrected chi connectivity index (χ0v) is 14.5. The number of aryl methyl sites for hydroxylation is 2. The second-order valence-electron chi connectivity index (χ2n) is 6.09. The zero-order chi connectivity index (χ0) is 18.0. The summed E-state index contributed by atoms with van der Waals surface area (Å²) in [4.78, 5) is 12.3. The van der Waals surface area contributed by atoms with E-state index in [1.165, 1.54) is 0 Å².